The fourth-order valence-electron chi connectivity index (χ4n) is 2.86. The highest BCUT2D eigenvalue weighted by atomic mass is 35.5. The van der Waals surface area contributed by atoms with Gasteiger partial charge in [-0.15, -0.1) is 0 Å². The highest BCUT2D eigenvalue weighted by Crippen LogP contribution is 2.31. The van der Waals surface area contributed by atoms with Crippen LogP contribution in [0.4, 0.5) is 5.82 Å². The minimum atomic E-state index is -0.587. The third-order valence-corrected chi connectivity index (χ3v) is 4.27. The van der Waals surface area contributed by atoms with Gasteiger partial charge < -0.3 is 9.88 Å². The normalized spacial score (nSPS) is 15.0. The predicted molar refractivity (Wildman–Crippen MR) is 88.0 cm³/mol. The molecular formula is C16H14ClN5O. The van der Waals surface area contributed by atoms with Crippen LogP contribution in [0.1, 0.15) is 27.8 Å². The first-order valence-corrected chi connectivity index (χ1v) is 7.71. The summed E-state index contributed by atoms with van der Waals surface area (Å²) in [5.74, 6) is 1.78. The Kier molecular flexibility index (Phi) is 3.27. The minimum absolute atomic E-state index is 0.202. The average molecular weight is 328 g/mol. The van der Waals surface area contributed by atoms with Crippen molar-refractivity contribution in [1.29, 1.82) is 0 Å². The molecule has 3 heterocycles. The molecule has 0 unspecified atom stereocenters. The number of rotatable bonds is 3. The summed E-state index contributed by atoms with van der Waals surface area (Å²) in [6.45, 7) is 3.52. The number of halogens is 1. The highest BCUT2D eigenvalue weighted by Gasteiger charge is 2.33. The number of imidazole rings is 1. The monoisotopic (exact) mass is 327 g/mol. The molecule has 1 fully saturated rings. The molecule has 1 N–H and O–H groups in total. The molecule has 0 bridgehead atoms. The number of nitrogens with zero attached hydrogens (tertiary/aromatic N) is 4. The van der Waals surface area contributed by atoms with E-state index in [-0.39, 0.29) is 11.6 Å². The lowest BCUT2D eigenvalue weighted by Crippen LogP contribution is -2.46. The summed E-state index contributed by atoms with van der Waals surface area (Å²) in [5.41, 5.74) is 3.43. The minimum Gasteiger partial charge on any atom is -0.353 e. The quantitative estimate of drug-likeness (QED) is 0.748. The molecule has 0 saturated carbocycles. The van der Waals surface area contributed by atoms with Gasteiger partial charge in [-0.1, -0.05) is 6.07 Å². The predicted octanol–water partition coefficient (Wildman–Crippen LogP) is 2.64. The summed E-state index contributed by atoms with van der Waals surface area (Å²) in [5, 5.41) is -0.587. The number of fused-ring (bicyclic) bond motifs is 1. The van der Waals surface area contributed by atoms with E-state index in [0.29, 0.717) is 5.82 Å². The van der Waals surface area contributed by atoms with Crippen LogP contribution >= 0.6 is 11.6 Å². The van der Waals surface area contributed by atoms with E-state index in [1.807, 2.05) is 11.0 Å². The van der Waals surface area contributed by atoms with E-state index >= 15 is 0 Å². The van der Waals surface area contributed by atoms with Crippen molar-refractivity contribution in [3.63, 3.8) is 0 Å². The molecule has 23 heavy (non-hydrogen) atoms. The zero-order valence-electron chi connectivity index (χ0n) is 12.5. The van der Waals surface area contributed by atoms with Crippen molar-refractivity contribution in [3.8, 4) is 0 Å². The van der Waals surface area contributed by atoms with Gasteiger partial charge in [0, 0.05) is 25.5 Å². The number of aromatic amines is 1. The van der Waals surface area contributed by atoms with Gasteiger partial charge in [0.15, 0.2) is 11.5 Å². The van der Waals surface area contributed by atoms with Gasteiger partial charge >= 0.3 is 0 Å². The van der Waals surface area contributed by atoms with Crippen LogP contribution in [0, 0.1) is 6.92 Å². The van der Waals surface area contributed by atoms with Crippen molar-refractivity contribution in [2.24, 2.45) is 0 Å². The second kappa shape index (κ2) is 5.31. The number of aryl methyl sites for hydroxylation is 1. The lowest BCUT2D eigenvalue weighted by Gasteiger charge is -2.39. The van der Waals surface area contributed by atoms with Crippen molar-refractivity contribution in [3.05, 3.63) is 47.7 Å². The SMILES string of the molecule is Cc1ccc2nc(C3CN(c4nccnc4C(=O)Cl)C3)[nH]c2c1. The largest absolute Gasteiger partial charge is 0.353 e. The second-order valence-electron chi connectivity index (χ2n) is 5.75. The number of carbonyl (C=O) groups excluding carboxylic acids is 1. The number of benzene rings is 1. The molecule has 0 amide bonds. The van der Waals surface area contributed by atoms with E-state index in [4.69, 9.17) is 11.6 Å². The van der Waals surface area contributed by atoms with Crippen LogP contribution in [0.15, 0.2) is 30.6 Å². The van der Waals surface area contributed by atoms with Crippen molar-refractivity contribution in [2.45, 2.75) is 12.8 Å². The van der Waals surface area contributed by atoms with Gasteiger partial charge in [0.05, 0.1) is 17.0 Å². The third-order valence-electron chi connectivity index (χ3n) is 4.09. The summed E-state index contributed by atoms with van der Waals surface area (Å²) in [6, 6.07) is 6.17. The van der Waals surface area contributed by atoms with Crippen LogP contribution in [-0.4, -0.2) is 38.3 Å². The Morgan fingerprint density at radius 1 is 1.30 bits per heavy atom. The first kappa shape index (κ1) is 14.1. The Labute approximate surface area is 137 Å². The van der Waals surface area contributed by atoms with Crippen LogP contribution < -0.4 is 4.90 Å². The molecule has 7 heteroatoms. The molecule has 3 aromatic rings. The molecule has 6 nitrogen and oxygen atoms in total. The molecule has 1 aliphatic heterocycles. The molecular weight excluding hydrogens is 314 g/mol. The van der Waals surface area contributed by atoms with Gasteiger partial charge in [-0.3, -0.25) is 4.79 Å². The van der Waals surface area contributed by atoms with Crippen LogP contribution in [0.5, 0.6) is 0 Å². The van der Waals surface area contributed by atoms with Crippen molar-refractivity contribution < 1.29 is 4.79 Å². The number of anilines is 1. The summed E-state index contributed by atoms with van der Waals surface area (Å²) in [6.07, 6.45) is 3.04. The number of hydrogen-bond donors (Lipinski definition) is 1. The number of hydrogen-bond acceptors (Lipinski definition) is 5. The summed E-state index contributed by atoms with van der Waals surface area (Å²) in [7, 11) is 0. The molecule has 4 rings (SSSR count). The fourth-order valence-corrected chi connectivity index (χ4v) is 3.00. The molecule has 1 saturated heterocycles. The van der Waals surface area contributed by atoms with E-state index in [1.54, 1.807) is 6.20 Å². The average Bonchev–Trinajstić information content (AvgIpc) is 2.88. The summed E-state index contributed by atoms with van der Waals surface area (Å²) in [4.78, 5) is 29.7. The Morgan fingerprint density at radius 3 is 2.87 bits per heavy atom. The van der Waals surface area contributed by atoms with E-state index < -0.39 is 5.24 Å². The maximum Gasteiger partial charge on any atom is 0.274 e. The molecule has 2 aromatic heterocycles. The van der Waals surface area contributed by atoms with E-state index in [0.717, 1.165) is 29.9 Å². The topological polar surface area (TPSA) is 74.8 Å². The second-order valence-corrected chi connectivity index (χ2v) is 6.09. The van der Waals surface area contributed by atoms with Crippen molar-refractivity contribution >= 4 is 33.7 Å². The third kappa shape index (κ3) is 2.45. The molecule has 0 atom stereocenters. The van der Waals surface area contributed by atoms with Gasteiger partial charge in [0.2, 0.25) is 0 Å². The smallest absolute Gasteiger partial charge is 0.274 e. The fraction of sp³-hybridized carbons (Fsp3) is 0.250. The zero-order valence-corrected chi connectivity index (χ0v) is 13.2. The van der Waals surface area contributed by atoms with Gasteiger partial charge in [0.25, 0.3) is 5.24 Å². The number of aromatic nitrogens is 4. The maximum absolute atomic E-state index is 11.4. The van der Waals surface area contributed by atoms with E-state index in [1.165, 1.54) is 11.8 Å². The number of nitrogens with one attached hydrogen (secondary N) is 1. The van der Waals surface area contributed by atoms with Crippen LogP contribution in [0.2, 0.25) is 0 Å². The van der Waals surface area contributed by atoms with Crippen LogP contribution in [-0.2, 0) is 0 Å². The number of carbonyl (C=O) groups is 1. The summed E-state index contributed by atoms with van der Waals surface area (Å²) >= 11 is 5.57. The molecule has 0 spiro atoms. The number of H-pyrrole nitrogens is 1. The molecule has 0 radical (unpaired) electrons. The van der Waals surface area contributed by atoms with Crippen molar-refractivity contribution in [2.75, 3.05) is 18.0 Å². The first-order valence-electron chi connectivity index (χ1n) is 7.34. The maximum atomic E-state index is 11.4. The van der Waals surface area contributed by atoms with Crippen LogP contribution in [0.25, 0.3) is 11.0 Å². The molecule has 1 aliphatic rings. The van der Waals surface area contributed by atoms with Gasteiger partial charge in [-0.05, 0) is 36.2 Å². The van der Waals surface area contributed by atoms with Gasteiger partial charge in [-0.25, -0.2) is 15.0 Å². The van der Waals surface area contributed by atoms with Crippen LogP contribution in [0.3, 0.4) is 0 Å². The highest BCUT2D eigenvalue weighted by molar-refractivity contribution is 6.67. The molecule has 0 aliphatic carbocycles. The lowest BCUT2D eigenvalue weighted by molar-refractivity contribution is 0.107. The van der Waals surface area contributed by atoms with Crippen molar-refractivity contribution in [1.82, 2.24) is 19.9 Å². The Morgan fingerprint density at radius 2 is 2.09 bits per heavy atom. The Hall–Kier alpha value is -2.47. The molecule has 1 aromatic carbocycles. The standard InChI is InChI=1S/C16H14ClN5O/c1-9-2-3-11-12(6-9)21-15(20-11)10-7-22(8-10)16-13(14(17)23)18-4-5-19-16/h2-6,10H,7-8H2,1H3,(H,20,21). The first-order chi connectivity index (χ1) is 11.1. The zero-order chi connectivity index (χ0) is 16.0. The Balaban J connectivity index is 1.56. The summed E-state index contributed by atoms with van der Waals surface area (Å²) < 4.78 is 0. The van der Waals surface area contributed by atoms with E-state index in [9.17, 15) is 4.79 Å². The molecule has 116 valence electrons. The Bertz CT molecular complexity index is 900. The van der Waals surface area contributed by atoms with E-state index in [2.05, 4.69) is 39.0 Å². The lowest BCUT2D eigenvalue weighted by atomic mass is 9.99. The van der Waals surface area contributed by atoms with Gasteiger partial charge in [0.1, 0.15) is 5.82 Å². The van der Waals surface area contributed by atoms with Gasteiger partial charge in [-0.2, -0.15) is 0 Å².